The maximum absolute atomic E-state index is 13.2. The number of sulfonamides is 1. The predicted molar refractivity (Wildman–Crippen MR) is 86.8 cm³/mol. The van der Waals surface area contributed by atoms with Crippen LogP contribution < -0.4 is 5.32 Å². The van der Waals surface area contributed by atoms with Gasteiger partial charge in [-0.25, -0.2) is 12.8 Å². The molecule has 5 nitrogen and oxygen atoms in total. The van der Waals surface area contributed by atoms with E-state index in [9.17, 15) is 17.6 Å². The van der Waals surface area contributed by atoms with E-state index in [1.807, 2.05) is 0 Å². The fourth-order valence-electron chi connectivity index (χ4n) is 2.13. The largest absolute Gasteiger partial charge is 0.324 e. The number of rotatable bonds is 5. The van der Waals surface area contributed by atoms with Crippen LogP contribution in [-0.4, -0.2) is 31.9 Å². The Morgan fingerprint density at radius 3 is 2.35 bits per heavy atom. The molecule has 0 aliphatic carbocycles. The molecule has 1 amide bonds. The number of benzene rings is 2. The Morgan fingerprint density at radius 2 is 1.78 bits per heavy atom. The number of hydrogen-bond donors (Lipinski definition) is 1. The van der Waals surface area contributed by atoms with E-state index >= 15 is 0 Å². The lowest BCUT2D eigenvalue weighted by Crippen LogP contribution is -2.38. The third-order valence-electron chi connectivity index (χ3n) is 3.34. The summed E-state index contributed by atoms with van der Waals surface area (Å²) in [5.41, 5.74) is 0.784. The summed E-state index contributed by atoms with van der Waals surface area (Å²) < 4.78 is 37.9. The maximum Gasteiger partial charge on any atom is 0.247 e. The molecule has 122 valence electrons. The monoisotopic (exact) mass is 336 g/mol. The average Bonchev–Trinajstić information content (AvgIpc) is 2.47. The van der Waals surface area contributed by atoms with Gasteiger partial charge in [-0.2, -0.15) is 4.31 Å². The Morgan fingerprint density at radius 1 is 1.13 bits per heavy atom. The van der Waals surface area contributed by atoms with Crippen molar-refractivity contribution in [3.8, 4) is 0 Å². The Hall–Kier alpha value is -2.25. The Balaban J connectivity index is 2.35. The number of nitrogens with zero attached hydrogens (tertiary/aromatic N) is 1. The molecule has 1 atom stereocenters. The van der Waals surface area contributed by atoms with Gasteiger partial charge < -0.3 is 5.32 Å². The van der Waals surface area contributed by atoms with Gasteiger partial charge >= 0.3 is 0 Å². The van der Waals surface area contributed by atoms with Crippen molar-refractivity contribution < 1.29 is 17.6 Å². The summed E-state index contributed by atoms with van der Waals surface area (Å²) in [4.78, 5) is 12.6. The van der Waals surface area contributed by atoms with E-state index in [1.165, 1.54) is 31.3 Å². The molecule has 7 heteroatoms. The standard InChI is InChI=1S/C16H17FN2O3S/c1-19(23(2,21)22)15(12-7-4-3-5-8-12)16(20)18-14-10-6-9-13(17)11-14/h3-11,15H,1-2H3,(H,18,20)/t15-/m1/s1. The van der Waals surface area contributed by atoms with Gasteiger partial charge in [0.25, 0.3) is 0 Å². The van der Waals surface area contributed by atoms with Crippen LogP contribution in [0.15, 0.2) is 54.6 Å². The van der Waals surface area contributed by atoms with E-state index in [-0.39, 0.29) is 5.69 Å². The molecule has 23 heavy (non-hydrogen) atoms. The van der Waals surface area contributed by atoms with E-state index < -0.39 is 27.8 Å². The molecular weight excluding hydrogens is 319 g/mol. The SMILES string of the molecule is CN([C@@H](C(=O)Nc1cccc(F)c1)c1ccccc1)S(C)(=O)=O. The molecule has 1 N–H and O–H groups in total. The van der Waals surface area contributed by atoms with Crippen LogP contribution in [0.4, 0.5) is 10.1 Å². The highest BCUT2D eigenvalue weighted by Gasteiger charge is 2.30. The summed E-state index contributed by atoms with van der Waals surface area (Å²) in [5.74, 6) is -1.05. The number of anilines is 1. The lowest BCUT2D eigenvalue weighted by atomic mass is 10.1. The molecule has 0 heterocycles. The van der Waals surface area contributed by atoms with Gasteiger partial charge in [-0.15, -0.1) is 0 Å². The summed E-state index contributed by atoms with van der Waals surface area (Å²) in [6, 6.07) is 12.9. The number of nitrogens with one attached hydrogen (secondary N) is 1. The fraction of sp³-hybridized carbons (Fsp3) is 0.188. The molecule has 0 aromatic heterocycles. The molecule has 0 fully saturated rings. The second kappa shape index (κ2) is 6.89. The number of amides is 1. The minimum atomic E-state index is -3.60. The lowest BCUT2D eigenvalue weighted by Gasteiger charge is -2.25. The van der Waals surface area contributed by atoms with Crippen molar-refractivity contribution in [3.05, 3.63) is 66.0 Å². The predicted octanol–water partition coefficient (Wildman–Crippen LogP) is 2.40. The topological polar surface area (TPSA) is 66.5 Å². The van der Waals surface area contributed by atoms with Crippen LogP contribution in [0.3, 0.4) is 0 Å². The molecule has 0 aliphatic rings. The normalized spacial score (nSPS) is 12.9. The van der Waals surface area contributed by atoms with Crippen molar-refractivity contribution in [1.82, 2.24) is 4.31 Å². The summed E-state index contributed by atoms with van der Waals surface area (Å²) in [6.07, 6.45) is 1.03. The summed E-state index contributed by atoms with van der Waals surface area (Å²) >= 11 is 0. The second-order valence-corrected chi connectivity index (χ2v) is 7.13. The van der Waals surface area contributed by atoms with Crippen LogP contribution in [0.1, 0.15) is 11.6 Å². The Labute approximate surface area is 134 Å². The molecule has 0 unspecified atom stereocenters. The summed E-state index contributed by atoms with van der Waals surface area (Å²) in [7, 11) is -2.27. The summed E-state index contributed by atoms with van der Waals surface area (Å²) in [5, 5.41) is 2.55. The zero-order valence-corrected chi connectivity index (χ0v) is 13.5. The average molecular weight is 336 g/mol. The second-order valence-electron chi connectivity index (χ2n) is 5.09. The third-order valence-corrected chi connectivity index (χ3v) is 4.60. The maximum atomic E-state index is 13.2. The van der Waals surface area contributed by atoms with E-state index in [0.29, 0.717) is 5.56 Å². The molecule has 0 bridgehead atoms. The Bertz CT molecular complexity index is 794. The minimum Gasteiger partial charge on any atom is -0.324 e. The molecule has 0 aliphatic heterocycles. The van der Waals surface area contributed by atoms with Crippen LogP contribution >= 0.6 is 0 Å². The number of carbonyl (C=O) groups excluding carboxylic acids is 1. The molecule has 2 aromatic carbocycles. The smallest absolute Gasteiger partial charge is 0.247 e. The van der Waals surface area contributed by atoms with Gasteiger partial charge in [-0.05, 0) is 23.8 Å². The van der Waals surface area contributed by atoms with Crippen molar-refractivity contribution >= 4 is 21.6 Å². The quantitative estimate of drug-likeness (QED) is 0.912. The molecule has 0 radical (unpaired) electrons. The van der Waals surface area contributed by atoms with Crippen molar-refractivity contribution in [2.24, 2.45) is 0 Å². The van der Waals surface area contributed by atoms with Crippen LogP contribution in [0.5, 0.6) is 0 Å². The molecule has 0 saturated carbocycles. The van der Waals surface area contributed by atoms with Crippen molar-refractivity contribution in [2.75, 3.05) is 18.6 Å². The number of carbonyl (C=O) groups is 1. The van der Waals surface area contributed by atoms with Crippen LogP contribution in [0.2, 0.25) is 0 Å². The van der Waals surface area contributed by atoms with E-state index in [4.69, 9.17) is 0 Å². The number of hydrogen-bond acceptors (Lipinski definition) is 3. The van der Waals surface area contributed by atoms with Crippen LogP contribution in [0, 0.1) is 5.82 Å². The van der Waals surface area contributed by atoms with Crippen LogP contribution in [-0.2, 0) is 14.8 Å². The molecule has 0 spiro atoms. The minimum absolute atomic E-state index is 0.262. The molecule has 2 aromatic rings. The van der Waals surface area contributed by atoms with Gasteiger partial charge in [0, 0.05) is 12.7 Å². The zero-order chi connectivity index (χ0) is 17.0. The molecule has 0 saturated heterocycles. The first kappa shape index (κ1) is 17.1. The summed E-state index contributed by atoms with van der Waals surface area (Å²) in [6.45, 7) is 0. The number of halogens is 1. The molecular formula is C16H17FN2O3S. The third kappa shape index (κ3) is 4.37. The highest BCUT2D eigenvalue weighted by molar-refractivity contribution is 7.88. The fourth-order valence-corrected chi connectivity index (χ4v) is 2.73. The van der Waals surface area contributed by atoms with E-state index in [0.717, 1.165) is 10.6 Å². The van der Waals surface area contributed by atoms with Gasteiger partial charge in [0.15, 0.2) is 0 Å². The van der Waals surface area contributed by atoms with Crippen molar-refractivity contribution in [2.45, 2.75) is 6.04 Å². The van der Waals surface area contributed by atoms with Crippen LogP contribution in [0.25, 0.3) is 0 Å². The van der Waals surface area contributed by atoms with Gasteiger partial charge in [0.1, 0.15) is 11.9 Å². The Kier molecular flexibility index (Phi) is 5.12. The van der Waals surface area contributed by atoms with Crippen molar-refractivity contribution in [1.29, 1.82) is 0 Å². The van der Waals surface area contributed by atoms with Gasteiger partial charge in [-0.3, -0.25) is 4.79 Å². The number of likely N-dealkylation sites (N-methyl/N-ethyl adjacent to an activating group) is 1. The highest BCUT2D eigenvalue weighted by atomic mass is 32.2. The van der Waals surface area contributed by atoms with E-state index in [1.54, 1.807) is 30.3 Å². The van der Waals surface area contributed by atoms with Crippen molar-refractivity contribution in [3.63, 3.8) is 0 Å². The van der Waals surface area contributed by atoms with E-state index in [2.05, 4.69) is 5.32 Å². The zero-order valence-electron chi connectivity index (χ0n) is 12.7. The van der Waals surface area contributed by atoms with Gasteiger partial charge in [0.2, 0.25) is 15.9 Å². The first-order valence-corrected chi connectivity index (χ1v) is 8.68. The highest BCUT2D eigenvalue weighted by Crippen LogP contribution is 2.23. The molecule has 2 rings (SSSR count). The lowest BCUT2D eigenvalue weighted by molar-refractivity contribution is -0.119. The first-order valence-electron chi connectivity index (χ1n) is 6.83. The van der Waals surface area contributed by atoms with Gasteiger partial charge in [0.05, 0.1) is 6.26 Å². The first-order chi connectivity index (χ1) is 10.8. The van der Waals surface area contributed by atoms with Gasteiger partial charge in [-0.1, -0.05) is 36.4 Å².